The molecule has 0 saturated carbocycles. The number of likely N-dealkylation sites (tertiary alicyclic amines) is 1. The van der Waals surface area contributed by atoms with Gasteiger partial charge in [0.05, 0.1) is 34.4 Å². The van der Waals surface area contributed by atoms with Gasteiger partial charge in [0.1, 0.15) is 11.4 Å². The van der Waals surface area contributed by atoms with E-state index < -0.39 is 29.6 Å². The van der Waals surface area contributed by atoms with Crippen LogP contribution in [0.5, 0.6) is 0 Å². The summed E-state index contributed by atoms with van der Waals surface area (Å²) in [5.41, 5.74) is 2.00. The highest BCUT2D eigenvalue weighted by Gasteiger charge is 2.38. The number of aromatic nitrogens is 6. The van der Waals surface area contributed by atoms with Gasteiger partial charge in [-0.2, -0.15) is 13.2 Å². The first-order valence-corrected chi connectivity index (χ1v) is 16.0. The Kier molecular flexibility index (Phi) is 8.12. The fraction of sp³-hybridized carbons (Fsp3) is 0.343. The maximum absolute atomic E-state index is 16.1. The number of ether oxygens (including phenoxy) is 1. The van der Waals surface area contributed by atoms with Gasteiger partial charge >= 0.3 is 23.9 Å². The van der Waals surface area contributed by atoms with Gasteiger partial charge in [-0.3, -0.25) is 18.7 Å². The van der Waals surface area contributed by atoms with E-state index in [2.05, 4.69) is 20.1 Å². The molecule has 0 radical (unpaired) electrons. The lowest BCUT2D eigenvalue weighted by Crippen LogP contribution is -2.36. The van der Waals surface area contributed by atoms with Gasteiger partial charge in [0.25, 0.3) is 0 Å². The van der Waals surface area contributed by atoms with Gasteiger partial charge in [-0.05, 0) is 95.7 Å². The van der Waals surface area contributed by atoms with E-state index in [0.717, 1.165) is 25.9 Å². The summed E-state index contributed by atoms with van der Waals surface area (Å²) in [7, 11) is 2.02. The molecule has 1 saturated heterocycles. The normalized spacial score (nSPS) is 15.0. The smallest absolute Gasteiger partial charge is 0.443 e. The molecule has 1 aliphatic rings. The van der Waals surface area contributed by atoms with Crippen LogP contribution < -0.4 is 5.69 Å². The van der Waals surface area contributed by atoms with E-state index in [1.54, 1.807) is 67.9 Å². The number of imidazole rings is 1. The maximum Gasteiger partial charge on any atom is 0.470 e. The number of benzene rings is 2. The van der Waals surface area contributed by atoms with E-state index >= 15 is 4.39 Å². The molecule has 11 nitrogen and oxygen atoms in total. The summed E-state index contributed by atoms with van der Waals surface area (Å²) in [4.78, 5) is 33.4. The molecule has 6 aromatic rings. The molecule has 0 unspecified atom stereocenters. The van der Waals surface area contributed by atoms with Crippen LogP contribution in [0.25, 0.3) is 44.5 Å². The number of carbonyl (C=O) groups excluding carboxylic acids is 1. The second-order valence-electron chi connectivity index (χ2n) is 13.5. The van der Waals surface area contributed by atoms with Crippen LogP contribution in [0.15, 0.2) is 70.1 Å². The van der Waals surface area contributed by atoms with Crippen molar-refractivity contribution in [2.75, 3.05) is 20.1 Å². The number of fused-ring (bicyclic) bond motifs is 2. The Hall–Kier alpha value is -5.31. The minimum Gasteiger partial charge on any atom is -0.443 e. The second kappa shape index (κ2) is 12.2. The van der Waals surface area contributed by atoms with Crippen LogP contribution in [0.2, 0.25) is 0 Å². The molecular formula is C35H33F4N7O4. The summed E-state index contributed by atoms with van der Waals surface area (Å²) < 4.78 is 69.8. The summed E-state index contributed by atoms with van der Waals surface area (Å²) in [5.74, 6) is -2.36. The van der Waals surface area contributed by atoms with Crippen molar-refractivity contribution in [3.8, 4) is 22.6 Å². The second-order valence-corrected chi connectivity index (χ2v) is 13.5. The maximum atomic E-state index is 16.1. The fourth-order valence-electron chi connectivity index (χ4n) is 6.32. The molecule has 4 aromatic heterocycles. The highest BCUT2D eigenvalue weighted by Crippen LogP contribution is 2.34. The van der Waals surface area contributed by atoms with Crippen molar-refractivity contribution in [2.24, 2.45) is 0 Å². The predicted molar refractivity (Wildman–Crippen MR) is 176 cm³/mol. The Bertz CT molecular complexity index is 2290. The third-order valence-electron chi connectivity index (χ3n) is 8.76. The topological polar surface area (TPSA) is 113 Å². The van der Waals surface area contributed by atoms with E-state index in [1.165, 1.54) is 27.5 Å². The summed E-state index contributed by atoms with van der Waals surface area (Å²) in [6.45, 7) is 6.92. The number of halogens is 4. The number of rotatable bonds is 5. The zero-order valence-electron chi connectivity index (χ0n) is 27.7. The van der Waals surface area contributed by atoms with Gasteiger partial charge in [0.15, 0.2) is 0 Å². The largest absolute Gasteiger partial charge is 0.470 e. The van der Waals surface area contributed by atoms with E-state index in [9.17, 15) is 22.8 Å². The lowest BCUT2D eigenvalue weighted by atomic mass is 10.0. The van der Waals surface area contributed by atoms with Crippen LogP contribution in [-0.4, -0.2) is 65.6 Å². The highest BCUT2D eigenvalue weighted by molar-refractivity contribution is 5.93. The van der Waals surface area contributed by atoms with Crippen LogP contribution in [0.3, 0.4) is 0 Å². The summed E-state index contributed by atoms with van der Waals surface area (Å²) in [6, 6.07) is 13.0. The first-order valence-electron chi connectivity index (χ1n) is 16.0. The molecule has 0 atom stereocenters. The molecule has 0 N–H and O–H groups in total. The SMILES string of the molecule is CN1CCC(n2c(=O)n(Cc3ccc(-c4nnc(C(F)(F)F)o4)cn3)c3cc(F)c(-c4ccc5c(ccn5C(=O)OC(C)(C)C)c4)cc32)CC1. The van der Waals surface area contributed by atoms with Gasteiger partial charge in [-0.15, -0.1) is 10.2 Å². The van der Waals surface area contributed by atoms with Gasteiger partial charge in [0.2, 0.25) is 5.89 Å². The molecule has 0 spiro atoms. The van der Waals surface area contributed by atoms with Crippen LogP contribution >= 0.6 is 0 Å². The summed E-state index contributed by atoms with van der Waals surface area (Å²) in [5, 5.41) is 7.22. The Morgan fingerprint density at radius 3 is 2.36 bits per heavy atom. The minimum absolute atomic E-state index is 0.0181. The lowest BCUT2D eigenvalue weighted by molar-refractivity contribution is -0.156. The average molecular weight is 692 g/mol. The zero-order chi connectivity index (χ0) is 35.5. The number of piperidine rings is 1. The molecule has 2 aromatic carbocycles. The molecule has 7 rings (SSSR count). The van der Waals surface area contributed by atoms with Crippen LogP contribution in [0, 0.1) is 5.82 Å². The summed E-state index contributed by atoms with van der Waals surface area (Å²) in [6.07, 6.45) is -0.951. The van der Waals surface area contributed by atoms with Crippen molar-refractivity contribution in [3.63, 3.8) is 0 Å². The summed E-state index contributed by atoms with van der Waals surface area (Å²) >= 11 is 0. The minimum atomic E-state index is -4.78. The quantitative estimate of drug-likeness (QED) is 0.176. The van der Waals surface area contributed by atoms with Crippen LogP contribution in [0.1, 0.15) is 51.2 Å². The monoisotopic (exact) mass is 691 g/mol. The number of hydrogen-bond acceptors (Lipinski definition) is 8. The average Bonchev–Trinajstić information content (AvgIpc) is 3.78. The van der Waals surface area contributed by atoms with Crippen LogP contribution in [0.4, 0.5) is 22.4 Å². The number of carbonyl (C=O) groups is 1. The molecule has 0 amide bonds. The van der Waals surface area contributed by atoms with Crippen molar-refractivity contribution >= 4 is 28.0 Å². The van der Waals surface area contributed by atoms with Crippen molar-refractivity contribution in [1.29, 1.82) is 0 Å². The molecule has 0 aliphatic carbocycles. The van der Waals surface area contributed by atoms with Crippen molar-refractivity contribution < 1.29 is 31.5 Å². The molecule has 0 bridgehead atoms. The Morgan fingerprint density at radius 2 is 1.70 bits per heavy atom. The Labute approximate surface area is 282 Å². The first-order chi connectivity index (χ1) is 23.7. The van der Waals surface area contributed by atoms with Gasteiger partial charge in [-0.25, -0.2) is 14.0 Å². The molecule has 1 fully saturated rings. The van der Waals surface area contributed by atoms with Crippen molar-refractivity contribution in [1.82, 2.24) is 33.8 Å². The number of nitrogens with zero attached hydrogens (tertiary/aromatic N) is 7. The van der Waals surface area contributed by atoms with E-state index in [0.29, 0.717) is 38.8 Å². The van der Waals surface area contributed by atoms with Crippen LogP contribution in [-0.2, 0) is 17.5 Å². The zero-order valence-corrected chi connectivity index (χ0v) is 27.7. The Morgan fingerprint density at radius 1 is 0.960 bits per heavy atom. The van der Waals surface area contributed by atoms with Gasteiger partial charge in [0, 0.05) is 35.5 Å². The number of alkyl halides is 3. The highest BCUT2D eigenvalue weighted by atomic mass is 19.4. The van der Waals surface area contributed by atoms with Crippen molar-refractivity contribution in [3.05, 3.63) is 88.8 Å². The van der Waals surface area contributed by atoms with Crippen molar-refractivity contribution in [2.45, 2.75) is 58.0 Å². The van der Waals surface area contributed by atoms with E-state index in [1.807, 2.05) is 7.05 Å². The molecule has 260 valence electrons. The predicted octanol–water partition coefficient (Wildman–Crippen LogP) is 7.13. The number of hydrogen-bond donors (Lipinski definition) is 0. The third kappa shape index (κ3) is 6.28. The number of pyridine rings is 1. The Balaban J connectivity index is 1.26. The molecular weight excluding hydrogens is 658 g/mol. The first kappa shape index (κ1) is 33.2. The lowest BCUT2D eigenvalue weighted by Gasteiger charge is -2.29. The van der Waals surface area contributed by atoms with E-state index in [-0.39, 0.29) is 29.7 Å². The third-order valence-corrected chi connectivity index (χ3v) is 8.76. The van der Waals surface area contributed by atoms with Gasteiger partial charge < -0.3 is 14.1 Å². The molecule has 15 heteroatoms. The molecule has 50 heavy (non-hydrogen) atoms. The molecule has 1 aliphatic heterocycles. The fourth-order valence-corrected chi connectivity index (χ4v) is 6.32. The molecule has 5 heterocycles. The van der Waals surface area contributed by atoms with Gasteiger partial charge in [-0.1, -0.05) is 6.07 Å². The van der Waals surface area contributed by atoms with E-state index in [4.69, 9.17) is 9.15 Å². The standard InChI is InChI=1S/C35H33F4N7O4/c1-34(2,3)50-33(48)44-14-9-21-15-20(6-8-27(21)44)25-16-29-28(17-26(25)36)45(32(47)46(29)24-10-12-43(4)13-11-24)19-23-7-5-22(18-40-23)30-41-42-31(49-30)35(37,38)39/h5-9,14-18,24H,10-13,19H2,1-4H3.